The van der Waals surface area contributed by atoms with Crippen molar-refractivity contribution in [3.05, 3.63) is 109 Å². The zero-order chi connectivity index (χ0) is 25.7. The highest BCUT2D eigenvalue weighted by atomic mass is 16.1. The van der Waals surface area contributed by atoms with E-state index in [0.29, 0.717) is 13.3 Å². The van der Waals surface area contributed by atoms with Crippen molar-refractivity contribution in [2.75, 3.05) is 36.2 Å². The van der Waals surface area contributed by atoms with E-state index in [4.69, 9.17) is 0 Å². The normalized spacial score (nSPS) is 14.5. The number of hydrazone groups is 2. The average molecular weight is 501 g/mol. The Hall–Kier alpha value is -4.91. The molecular formula is C31H28N6O. The lowest BCUT2D eigenvalue weighted by Crippen LogP contribution is -2.36. The Balaban J connectivity index is 1.06. The lowest BCUT2D eigenvalue weighted by molar-refractivity contribution is -0.121. The molecule has 0 spiro atoms. The third-order valence-electron chi connectivity index (χ3n) is 6.65. The summed E-state index contributed by atoms with van der Waals surface area (Å²) in [4.78, 5) is 17.1. The molecule has 0 N–H and O–H groups in total. The van der Waals surface area contributed by atoms with Crippen LogP contribution in [0.15, 0.2) is 119 Å². The van der Waals surface area contributed by atoms with Gasteiger partial charge in [-0.25, -0.2) is 0 Å². The van der Waals surface area contributed by atoms with Gasteiger partial charge in [-0.3, -0.25) is 14.8 Å². The monoisotopic (exact) mass is 500 g/mol. The van der Waals surface area contributed by atoms with E-state index in [1.807, 2.05) is 60.7 Å². The van der Waals surface area contributed by atoms with Crippen molar-refractivity contribution in [1.82, 2.24) is 10.0 Å². The lowest BCUT2D eigenvalue weighted by Gasteiger charge is -2.23. The van der Waals surface area contributed by atoms with Crippen LogP contribution in [0.4, 0.5) is 11.4 Å². The number of benzene rings is 4. The molecule has 4 aromatic carbocycles. The predicted molar refractivity (Wildman–Crippen MR) is 154 cm³/mol. The zero-order valence-corrected chi connectivity index (χ0v) is 21.0. The van der Waals surface area contributed by atoms with Gasteiger partial charge in [0.2, 0.25) is 0 Å². The molecule has 0 aliphatic carbocycles. The molecule has 6 rings (SSSR count). The molecule has 7 nitrogen and oxygen atoms in total. The molecule has 2 heterocycles. The number of hydrogen-bond donors (Lipinski definition) is 0. The second-order valence-electron chi connectivity index (χ2n) is 9.32. The van der Waals surface area contributed by atoms with Crippen LogP contribution >= 0.6 is 0 Å². The Bertz CT molecular complexity index is 1360. The summed E-state index contributed by atoms with van der Waals surface area (Å²) in [6, 6.07) is 37.1. The van der Waals surface area contributed by atoms with Crippen molar-refractivity contribution in [3.63, 3.8) is 0 Å². The molecule has 0 saturated heterocycles. The number of carbonyl (C=O) groups excluding carboxylic acids is 1. The molecular weight excluding hydrogens is 472 g/mol. The summed E-state index contributed by atoms with van der Waals surface area (Å²) < 4.78 is 0. The summed E-state index contributed by atoms with van der Waals surface area (Å²) >= 11 is 0. The molecule has 0 saturated carbocycles. The van der Waals surface area contributed by atoms with Crippen molar-refractivity contribution < 1.29 is 4.79 Å². The van der Waals surface area contributed by atoms with Crippen LogP contribution in [0, 0.1) is 0 Å². The van der Waals surface area contributed by atoms with E-state index in [-0.39, 0.29) is 18.9 Å². The fraction of sp³-hybridized carbons (Fsp3) is 0.129. The number of ketones is 1. The minimum Gasteiger partial charge on any atom is -0.311 e. The molecule has 4 aromatic rings. The topological polar surface area (TPSA) is 54.8 Å². The first-order valence-electron chi connectivity index (χ1n) is 12.7. The molecule has 0 aromatic heterocycles. The van der Waals surface area contributed by atoms with Gasteiger partial charge in [-0.15, -0.1) is 0 Å². The van der Waals surface area contributed by atoms with Crippen LogP contribution in [-0.2, 0) is 4.79 Å². The molecule has 0 radical (unpaired) electrons. The molecule has 0 bridgehead atoms. The van der Waals surface area contributed by atoms with Crippen LogP contribution in [0.25, 0.3) is 22.3 Å². The van der Waals surface area contributed by atoms with Crippen molar-refractivity contribution in [2.24, 2.45) is 10.2 Å². The summed E-state index contributed by atoms with van der Waals surface area (Å²) in [6.45, 7) is 1.51. The zero-order valence-electron chi connectivity index (χ0n) is 21.0. The second-order valence-corrected chi connectivity index (χ2v) is 9.32. The smallest absolute Gasteiger partial charge is 0.174 e. The minimum atomic E-state index is 0.0655. The first kappa shape index (κ1) is 23.5. The van der Waals surface area contributed by atoms with E-state index < -0.39 is 0 Å². The van der Waals surface area contributed by atoms with Gasteiger partial charge in [0.05, 0.1) is 24.5 Å². The van der Waals surface area contributed by atoms with Gasteiger partial charge in [0, 0.05) is 11.1 Å². The maximum Gasteiger partial charge on any atom is 0.174 e. The number of nitrogens with zero attached hydrogens (tertiary/aromatic N) is 6. The van der Waals surface area contributed by atoms with Crippen molar-refractivity contribution in [3.8, 4) is 22.3 Å². The number of rotatable bonds is 8. The van der Waals surface area contributed by atoms with Crippen molar-refractivity contribution in [1.29, 1.82) is 0 Å². The molecule has 0 amide bonds. The van der Waals surface area contributed by atoms with Crippen molar-refractivity contribution in [2.45, 2.75) is 0 Å². The maximum atomic E-state index is 13.0. The van der Waals surface area contributed by atoms with Gasteiger partial charge in [-0.1, -0.05) is 97.1 Å². The van der Waals surface area contributed by atoms with Gasteiger partial charge in [-0.05, 0) is 23.3 Å². The highest BCUT2D eigenvalue weighted by Crippen LogP contribution is 2.32. The Morgan fingerprint density at radius 3 is 1.39 bits per heavy atom. The van der Waals surface area contributed by atoms with E-state index >= 15 is 0 Å². The largest absolute Gasteiger partial charge is 0.311 e. The number of carbonyl (C=O) groups is 1. The Morgan fingerprint density at radius 1 is 0.553 bits per heavy atom. The Kier molecular flexibility index (Phi) is 6.55. The van der Waals surface area contributed by atoms with Crippen LogP contribution in [0.3, 0.4) is 0 Å². The second kappa shape index (κ2) is 10.6. The highest BCUT2D eigenvalue weighted by Gasteiger charge is 2.24. The SMILES string of the molecule is O=C(CN1CN(c2ccccc2-c2ccccc2)C=N1)CN1CN(c2ccccc2-c2ccccc2)C=N1. The van der Waals surface area contributed by atoms with E-state index in [0.717, 1.165) is 33.6 Å². The third kappa shape index (κ3) is 4.99. The Morgan fingerprint density at radius 2 is 0.947 bits per heavy atom. The average Bonchev–Trinajstić information content (AvgIpc) is 3.64. The Labute approximate surface area is 222 Å². The number of anilines is 2. The van der Waals surface area contributed by atoms with Gasteiger partial charge in [0.15, 0.2) is 5.78 Å². The standard InChI is InChI=1S/C31H28N6O/c38-27(19-36-23-34(21-32-36)30-17-9-7-15-28(30)25-11-3-1-4-12-25)20-37-24-35(22-33-37)31-18-10-8-16-29(31)26-13-5-2-6-14-26/h1-18,21-22H,19-20,23-24H2. The quantitative estimate of drug-likeness (QED) is 0.327. The summed E-state index contributed by atoms with van der Waals surface area (Å²) in [6.07, 6.45) is 3.59. The summed E-state index contributed by atoms with van der Waals surface area (Å²) in [5.41, 5.74) is 6.70. The van der Waals surface area contributed by atoms with Gasteiger partial charge in [0.25, 0.3) is 0 Å². The fourth-order valence-corrected chi connectivity index (χ4v) is 4.86. The first-order valence-corrected chi connectivity index (χ1v) is 12.7. The maximum absolute atomic E-state index is 13.0. The first-order chi connectivity index (χ1) is 18.7. The summed E-state index contributed by atoms with van der Waals surface area (Å²) in [5.74, 6) is 0.0655. The summed E-state index contributed by atoms with van der Waals surface area (Å²) in [7, 11) is 0. The molecule has 0 unspecified atom stereocenters. The van der Waals surface area contributed by atoms with Gasteiger partial charge >= 0.3 is 0 Å². The van der Waals surface area contributed by atoms with Gasteiger partial charge in [-0.2, -0.15) is 10.2 Å². The van der Waals surface area contributed by atoms with E-state index in [9.17, 15) is 4.79 Å². The third-order valence-corrected chi connectivity index (χ3v) is 6.65. The lowest BCUT2D eigenvalue weighted by atomic mass is 10.0. The number of Topliss-reactive ketones (excluding diaryl/α,β-unsaturated/α-hetero) is 1. The van der Waals surface area contributed by atoms with Crippen LogP contribution in [-0.4, -0.2) is 54.9 Å². The van der Waals surface area contributed by atoms with Crippen LogP contribution < -0.4 is 9.80 Å². The molecule has 2 aliphatic rings. The van der Waals surface area contributed by atoms with Gasteiger partial charge < -0.3 is 9.80 Å². The highest BCUT2D eigenvalue weighted by molar-refractivity contribution is 5.91. The predicted octanol–water partition coefficient (Wildman–Crippen LogP) is 5.34. The fourth-order valence-electron chi connectivity index (χ4n) is 4.86. The molecule has 38 heavy (non-hydrogen) atoms. The van der Waals surface area contributed by atoms with E-state index in [1.54, 1.807) is 22.7 Å². The summed E-state index contributed by atoms with van der Waals surface area (Å²) in [5, 5.41) is 12.6. The van der Waals surface area contributed by atoms with Crippen molar-refractivity contribution >= 4 is 29.8 Å². The minimum absolute atomic E-state index is 0.0655. The molecule has 0 atom stereocenters. The molecule has 188 valence electrons. The number of hydrogen-bond acceptors (Lipinski definition) is 7. The molecule has 2 aliphatic heterocycles. The molecule has 0 fully saturated rings. The van der Waals surface area contributed by atoms with Crippen LogP contribution in [0.5, 0.6) is 0 Å². The number of para-hydroxylation sites is 2. The molecule has 7 heteroatoms. The van der Waals surface area contributed by atoms with E-state index in [1.165, 1.54) is 0 Å². The van der Waals surface area contributed by atoms with Crippen LogP contribution in [0.2, 0.25) is 0 Å². The van der Waals surface area contributed by atoms with E-state index in [2.05, 4.69) is 68.5 Å². The van der Waals surface area contributed by atoms with Gasteiger partial charge in [0.1, 0.15) is 26.0 Å². The van der Waals surface area contributed by atoms with Crippen LogP contribution in [0.1, 0.15) is 0 Å².